The highest BCUT2D eigenvalue weighted by Gasteiger charge is 2.13. The van der Waals surface area contributed by atoms with Crippen molar-refractivity contribution < 1.29 is 0 Å². The third kappa shape index (κ3) is 2.71. The van der Waals surface area contributed by atoms with Gasteiger partial charge in [-0.2, -0.15) is 0 Å². The van der Waals surface area contributed by atoms with Crippen LogP contribution in [0.1, 0.15) is 5.56 Å². The third-order valence-electron chi connectivity index (χ3n) is 3.88. The van der Waals surface area contributed by atoms with Gasteiger partial charge in [0.05, 0.1) is 11.2 Å². The normalized spacial score (nSPS) is 11.0. The van der Waals surface area contributed by atoms with Crippen molar-refractivity contribution in [3.8, 4) is 11.3 Å². The first-order chi connectivity index (χ1) is 11.3. The lowest BCUT2D eigenvalue weighted by molar-refractivity contribution is 0.843. The molecule has 0 saturated heterocycles. The minimum atomic E-state index is 0.407. The summed E-state index contributed by atoms with van der Waals surface area (Å²) in [6, 6.07) is 24.6. The first-order valence-corrected chi connectivity index (χ1v) is 7.81. The second-order valence-electron chi connectivity index (χ2n) is 5.40. The third-order valence-corrected chi connectivity index (χ3v) is 4.06. The van der Waals surface area contributed by atoms with Crippen molar-refractivity contribution in [2.75, 3.05) is 0 Å². The highest BCUT2D eigenvalue weighted by molar-refractivity contribution is 6.29. The summed E-state index contributed by atoms with van der Waals surface area (Å²) in [6.45, 7) is 0.761. The molecular weight excluding hydrogens is 306 g/mol. The molecule has 2 heterocycles. The van der Waals surface area contributed by atoms with E-state index in [4.69, 9.17) is 11.6 Å². The zero-order chi connectivity index (χ0) is 15.6. The lowest BCUT2D eigenvalue weighted by Gasteiger charge is -2.11. The van der Waals surface area contributed by atoms with Crippen LogP contribution in [0.5, 0.6) is 0 Å². The number of aromatic nitrogens is 3. The minimum Gasteiger partial charge on any atom is -0.335 e. The molecule has 0 aliphatic heterocycles. The Morgan fingerprint density at radius 1 is 0.826 bits per heavy atom. The highest BCUT2D eigenvalue weighted by Crippen LogP contribution is 2.28. The molecule has 0 aliphatic rings. The van der Waals surface area contributed by atoms with Crippen LogP contribution in [0, 0.1) is 0 Å². The number of benzene rings is 2. The van der Waals surface area contributed by atoms with E-state index >= 15 is 0 Å². The van der Waals surface area contributed by atoms with Crippen LogP contribution in [0.2, 0.25) is 5.15 Å². The standard InChI is InChI=1S/C19H14ClN3/c20-19-12-18-16(21-22-19)11-17(15-9-5-2-6-10-15)23(18)13-14-7-3-1-4-8-14/h1-12H,13H2. The van der Waals surface area contributed by atoms with Crippen molar-refractivity contribution >= 4 is 22.6 Å². The van der Waals surface area contributed by atoms with Crippen LogP contribution in [-0.2, 0) is 6.54 Å². The quantitative estimate of drug-likeness (QED) is 0.543. The Balaban J connectivity index is 1.93. The van der Waals surface area contributed by atoms with E-state index in [1.54, 1.807) is 0 Å². The van der Waals surface area contributed by atoms with Crippen LogP contribution in [0.3, 0.4) is 0 Å². The second-order valence-corrected chi connectivity index (χ2v) is 5.79. The lowest BCUT2D eigenvalue weighted by atomic mass is 10.1. The number of fused-ring (bicyclic) bond motifs is 1. The number of hydrogen-bond donors (Lipinski definition) is 0. The van der Waals surface area contributed by atoms with E-state index in [-0.39, 0.29) is 0 Å². The summed E-state index contributed by atoms with van der Waals surface area (Å²) in [5.74, 6) is 0. The number of hydrogen-bond acceptors (Lipinski definition) is 2. The monoisotopic (exact) mass is 319 g/mol. The highest BCUT2D eigenvalue weighted by atomic mass is 35.5. The molecule has 23 heavy (non-hydrogen) atoms. The van der Waals surface area contributed by atoms with Crippen molar-refractivity contribution in [3.05, 3.63) is 83.5 Å². The second kappa shape index (κ2) is 5.86. The fraction of sp³-hybridized carbons (Fsp3) is 0.0526. The van der Waals surface area contributed by atoms with Gasteiger partial charge in [0.2, 0.25) is 0 Å². The van der Waals surface area contributed by atoms with Crippen LogP contribution in [0.15, 0.2) is 72.8 Å². The number of rotatable bonds is 3. The Bertz CT molecular complexity index is 946. The Kier molecular flexibility index (Phi) is 3.56. The molecule has 0 N–H and O–H groups in total. The van der Waals surface area contributed by atoms with Gasteiger partial charge >= 0.3 is 0 Å². The summed E-state index contributed by atoms with van der Waals surface area (Å²) < 4.78 is 2.24. The summed E-state index contributed by atoms with van der Waals surface area (Å²) in [7, 11) is 0. The van der Waals surface area contributed by atoms with Gasteiger partial charge in [-0.05, 0) is 17.2 Å². The van der Waals surface area contributed by atoms with Gasteiger partial charge in [-0.3, -0.25) is 0 Å². The molecule has 2 aromatic carbocycles. The smallest absolute Gasteiger partial charge is 0.153 e. The molecule has 0 bridgehead atoms. The molecule has 4 rings (SSSR count). The maximum Gasteiger partial charge on any atom is 0.153 e. The van der Waals surface area contributed by atoms with Crippen LogP contribution in [0.4, 0.5) is 0 Å². The van der Waals surface area contributed by atoms with Gasteiger partial charge in [0.25, 0.3) is 0 Å². The van der Waals surface area contributed by atoms with Gasteiger partial charge in [-0.1, -0.05) is 72.3 Å². The maximum absolute atomic E-state index is 6.06. The molecule has 0 fully saturated rings. The fourth-order valence-corrected chi connectivity index (χ4v) is 2.95. The lowest BCUT2D eigenvalue weighted by Crippen LogP contribution is -2.01. The van der Waals surface area contributed by atoms with Gasteiger partial charge in [0, 0.05) is 12.6 Å². The molecule has 0 unspecified atom stereocenters. The largest absolute Gasteiger partial charge is 0.335 e. The van der Waals surface area contributed by atoms with E-state index in [1.807, 2.05) is 30.3 Å². The van der Waals surface area contributed by atoms with Crippen molar-refractivity contribution in [1.82, 2.24) is 14.8 Å². The molecule has 0 aliphatic carbocycles. The molecule has 2 aromatic heterocycles. The Labute approximate surface area is 139 Å². The van der Waals surface area contributed by atoms with E-state index in [2.05, 4.69) is 57.2 Å². The molecule has 112 valence electrons. The van der Waals surface area contributed by atoms with E-state index in [9.17, 15) is 0 Å². The summed E-state index contributed by atoms with van der Waals surface area (Å²) in [6.07, 6.45) is 0. The number of halogens is 1. The van der Waals surface area contributed by atoms with Gasteiger partial charge in [-0.15, -0.1) is 10.2 Å². The molecule has 3 nitrogen and oxygen atoms in total. The maximum atomic E-state index is 6.06. The van der Waals surface area contributed by atoms with Crippen molar-refractivity contribution in [2.24, 2.45) is 0 Å². The predicted molar refractivity (Wildman–Crippen MR) is 93.5 cm³/mol. The first-order valence-electron chi connectivity index (χ1n) is 7.43. The van der Waals surface area contributed by atoms with Crippen molar-refractivity contribution in [2.45, 2.75) is 6.54 Å². The van der Waals surface area contributed by atoms with Crippen LogP contribution >= 0.6 is 11.6 Å². The van der Waals surface area contributed by atoms with Crippen LogP contribution in [-0.4, -0.2) is 14.8 Å². The topological polar surface area (TPSA) is 30.7 Å². The predicted octanol–water partition coefficient (Wildman–Crippen LogP) is 4.80. The number of nitrogens with zero attached hydrogens (tertiary/aromatic N) is 3. The average Bonchev–Trinajstić information content (AvgIpc) is 2.95. The average molecular weight is 320 g/mol. The molecule has 0 saturated carbocycles. The summed E-state index contributed by atoms with van der Waals surface area (Å²) in [5.41, 5.74) is 5.34. The molecule has 0 radical (unpaired) electrons. The molecule has 4 aromatic rings. The molecule has 0 amide bonds. The SMILES string of the molecule is Clc1cc2c(cc(-c3ccccc3)n2Cc2ccccc2)nn1. The minimum absolute atomic E-state index is 0.407. The van der Waals surface area contributed by atoms with E-state index in [0.29, 0.717) is 5.15 Å². The van der Waals surface area contributed by atoms with Crippen LogP contribution < -0.4 is 0 Å². The summed E-state index contributed by atoms with van der Waals surface area (Å²) in [5, 5.41) is 8.60. The van der Waals surface area contributed by atoms with Gasteiger partial charge in [-0.25, -0.2) is 0 Å². The molecule has 0 spiro atoms. The van der Waals surface area contributed by atoms with Crippen LogP contribution in [0.25, 0.3) is 22.3 Å². The Morgan fingerprint density at radius 2 is 1.52 bits per heavy atom. The molecular formula is C19H14ClN3. The molecule has 0 atom stereocenters. The zero-order valence-electron chi connectivity index (χ0n) is 12.4. The Morgan fingerprint density at radius 3 is 2.26 bits per heavy atom. The first kappa shape index (κ1) is 14.0. The van der Waals surface area contributed by atoms with E-state index in [1.165, 1.54) is 5.56 Å². The summed E-state index contributed by atoms with van der Waals surface area (Å²) in [4.78, 5) is 0. The molecule has 4 heteroatoms. The summed E-state index contributed by atoms with van der Waals surface area (Å²) >= 11 is 6.06. The van der Waals surface area contributed by atoms with Gasteiger partial charge in [0.15, 0.2) is 5.15 Å². The zero-order valence-corrected chi connectivity index (χ0v) is 13.1. The fourth-order valence-electron chi connectivity index (χ4n) is 2.81. The van der Waals surface area contributed by atoms with E-state index in [0.717, 1.165) is 28.8 Å². The van der Waals surface area contributed by atoms with Gasteiger partial charge in [0.1, 0.15) is 5.52 Å². The Hall–Kier alpha value is -2.65. The van der Waals surface area contributed by atoms with Crippen molar-refractivity contribution in [3.63, 3.8) is 0 Å². The van der Waals surface area contributed by atoms with Crippen molar-refractivity contribution in [1.29, 1.82) is 0 Å². The van der Waals surface area contributed by atoms with E-state index < -0.39 is 0 Å². The van der Waals surface area contributed by atoms with Gasteiger partial charge < -0.3 is 4.57 Å².